The fourth-order valence-electron chi connectivity index (χ4n) is 1.01. The maximum atomic E-state index is 4.97. The molecule has 1 aliphatic heterocycles. The second-order valence-corrected chi connectivity index (χ2v) is 2.24. The first kappa shape index (κ1) is 6.05. The summed E-state index contributed by atoms with van der Waals surface area (Å²) >= 11 is 0. The number of ether oxygens (including phenoxy) is 1. The average molecular weight is 114 g/mol. The molecule has 0 aromatic heterocycles. The number of hydrogen-bond acceptors (Lipinski definition) is 1. The molecule has 8 heavy (non-hydrogen) atoms. The molecule has 0 amide bonds. The molecule has 0 spiro atoms. The van der Waals surface area contributed by atoms with Crippen molar-refractivity contribution >= 4 is 0 Å². The lowest BCUT2D eigenvalue weighted by Crippen LogP contribution is -2.08. The summed E-state index contributed by atoms with van der Waals surface area (Å²) in [7, 11) is 1.75. The van der Waals surface area contributed by atoms with E-state index in [1.807, 2.05) is 0 Å². The SMILES string of the molecule is COC[C@H]1CC[N]C1. The summed E-state index contributed by atoms with van der Waals surface area (Å²) < 4.78 is 4.97. The Bertz CT molecular complexity index is 59.5. The Morgan fingerprint density at radius 2 is 2.62 bits per heavy atom. The summed E-state index contributed by atoms with van der Waals surface area (Å²) in [5.74, 6) is 0.722. The summed E-state index contributed by atoms with van der Waals surface area (Å²) in [6.07, 6.45) is 1.23. The van der Waals surface area contributed by atoms with Crippen LogP contribution >= 0.6 is 0 Å². The van der Waals surface area contributed by atoms with Gasteiger partial charge in [0.15, 0.2) is 0 Å². The highest BCUT2D eigenvalue weighted by atomic mass is 16.5. The molecule has 1 rings (SSSR count). The largest absolute Gasteiger partial charge is 0.384 e. The molecule has 0 N–H and O–H groups in total. The molecule has 0 unspecified atom stereocenters. The number of nitrogens with zero attached hydrogens (tertiary/aromatic N) is 1. The average Bonchev–Trinajstić information content (AvgIpc) is 2.19. The van der Waals surface area contributed by atoms with E-state index >= 15 is 0 Å². The normalized spacial score (nSPS) is 28.9. The van der Waals surface area contributed by atoms with E-state index in [1.54, 1.807) is 7.11 Å². The third kappa shape index (κ3) is 1.46. The van der Waals surface area contributed by atoms with Crippen molar-refractivity contribution in [2.45, 2.75) is 6.42 Å². The zero-order valence-electron chi connectivity index (χ0n) is 5.26. The second kappa shape index (κ2) is 3.05. The molecule has 1 saturated heterocycles. The van der Waals surface area contributed by atoms with Crippen LogP contribution in [0.1, 0.15) is 6.42 Å². The second-order valence-electron chi connectivity index (χ2n) is 2.24. The molecule has 1 radical (unpaired) electrons. The lowest BCUT2D eigenvalue weighted by Gasteiger charge is -2.02. The standard InChI is InChI=1S/C6H12NO/c1-8-5-6-2-3-7-4-6/h6H,2-5H2,1H3/t6-/m0/s1. The minimum atomic E-state index is 0.722. The van der Waals surface area contributed by atoms with Crippen molar-refractivity contribution in [3.05, 3.63) is 0 Å². The molecule has 0 bridgehead atoms. The van der Waals surface area contributed by atoms with Gasteiger partial charge in [-0.1, -0.05) is 0 Å². The van der Waals surface area contributed by atoms with Gasteiger partial charge in [-0.2, -0.15) is 0 Å². The lowest BCUT2D eigenvalue weighted by molar-refractivity contribution is 0.160. The Balaban J connectivity index is 2.06. The molecule has 0 aliphatic carbocycles. The number of rotatable bonds is 2. The Morgan fingerprint density at radius 1 is 1.75 bits per heavy atom. The number of methoxy groups -OCH3 is 1. The van der Waals surface area contributed by atoms with Gasteiger partial charge in [-0.05, 0) is 12.3 Å². The molecule has 2 nitrogen and oxygen atoms in total. The highest BCUT2D eigenvalue weighted by Gasteiger charge is 2.13. The number of hydrogen-bond donors (Lipinski definition) is 0. The van der Waals surface area contributed by atoms with Crippen molar-refractivity contribution < 1.29 is 4.74 Å². The summed E-state index contributed by atoms with van der Waals surface area (Å²) in [6, 6.07) is 0. The zero-order valence-corrected chi connectivity index (χ0v) is 5.26. The van der Waals surface area contributed by atoms with Gasteiger partial charge >= 0.3 is 0 Å². The fourth-order valence-corrected chi connectivity index (χ4v) is 1.01. The van der Waals surface area contributed by atoms with E-state index in [1.165, 1.54) is 6.42 Å². The van der Waals surface area contributed by atoms with Crippen molar-refractivity contribution in [3.63, 3.8) is 0 Å². The van der Waals surface area contributed by atoms with Crippen LogP contribution in [-0.4, -0.2) is 26.8 Å². The van der Waals surface area contributed by atoms with Crippen molar-refractivity contribution in [2.75, 3.05) is 26.8 Å². The molecular formula is C6H12NO. The molecule has 2 heteroatoms. The summed E-state index contributed by atoms with van der Waals surface area (Å²) in [5, 5.41) is 4.20. The van der Waals surface area contributed by atoms with Gasteiger partial charge in [-0.3, -0.25) is 0 Å². The highest BCUT2D eigenvalue weighted by Crippen LogP contribution is 2.07. The molecule has 1 aliphatic rings. The van der Waals surface area contributed by atoms with Gasteiger partial charge in [0.25, 0.3) is 0 Å². The Labute approximate surface area is 50.2 Å². The van der Waals surface area contributed by atoms with E-state index < -0.39 is 0 Å². The van der Waals surface area contributed by atoms with E-state index in [-0.39, 0.29) is 0 Å². The van der Waals surface area contributed by atoms with Crippen LogP contribution in [0.4, 0.5) is 0 Å². The van der Waals surface area contributed by atoms with Crippen LogP contribution in [0.5, 0.6) is 0 Å². The van der Waals surface area contributed by atoms with Crippen LogP contribution in [0.25, 0.3) is 0 Å². The van der Waals surface area contributed by atoms with Crippen LogP contribution in [0.3, 0.4) is 0 Å². The molecule has 1 atom stereocenters. The minimum Gasteiger partial charge on any atom is -0.384 e. The van der Waals surface area contributed by atoms with E-state index in [0.717, 1.165) is 25.6 Å². The van der Waals surface area contributed by atoms with E-state index in [0.29, 0.717) is 0 Å². The van der Waals surface area contributed by atoms with E-state index in [9.17, 15) is 0 Å². The molecule has 47 valence electrons. The first-order valence-electron chi connectivity index (χ1n) is 3.05. The molecule has 0 aromatic rings. The fraction of sp³-hybridized carbons (Fsp3) is 1.00. The van der Waals surface area contributed by atoms with Crippen molar-refractivity contribution in [1.82, 2.24) is 5.32 Å². The molecule has 1 heterocycles. The Hall–Kier alpha value is -0.0800. The predicted octanol–water partition coefficient (Wildman–Crippen LogP) is 0.257. The van der Waals surface area contributed by atoms with Crippen LogP contribution in [0, 0.1) is 5.92 Å². The van der Waals surface area contributed by atoms with Crippen LogP contribution < -0.4 is 5.32 Å². The van der Waals surface area contributed by atoms with Gasteiger partial charge in [0, 0.05) is 20.2 Å². The van der Waals surface area contributed by atoms with Gasteiger partial charge in [-0.25, -0.2) is 5.32 Å². The molecule has 0 saturated carbocycles. The van der Waals surface area contributed by atoms with Gasteiger partial charge in [0.2, 0.25) is 0 Å². The van der Waals surface area contributed by atoms with Crippen molar-refractivity contribution in [2.24, 2.45) is 5.92 Å². The van der Waals surface area contributed by atoms with Gasteiger partial charge in [0.1, 0.15) is 0 Å². The topological polar surface area (TPSA) is 23.3 Å². The quantitative estimate of drug-likeness (QED) is 0.505. The Kier molecular flexibility index (Phi) is 2.30. The van der Waals surface area contributed by atoms with E-state index in [2.05, 4.69) is 5.32 Å². The maximum absolute atomic E-state index is 4.97. The van der Waals surface area contributed by atoms with Crippen LogP contribution in [0.15, 0.2) is 0 Å². The third-order valence-corrected chi connectivity index (χ3v) is 1.49. The smallest absolute Gasteiger partial charge is 0.0503 e. The van der Waals surface area contributed by atoms with Crippen LogP contribution in [-0.2, 0) is 4.74 Å². The highest BCUT2D eigenvalue weighted by molar-refractivity contribution is 4.69. The summed E-state index contributed by atoms with van der Waals surface area (Å²) in [6.45, 7) is 2.96. The Morgan fingerprint density at radius 3 is 3.12 bits per heavy atom. The molecule has 0 aromatic carbocycles. The third-order valence-electron chi connectivity index (χ3n) is 1.49. The summed E-state index contributed by atoms with van der Waals surface area (Å²) in [5.41, 5.74) is 0. The summed E-state index contributed by atoms with van der Waals surface area (Å²) in [4.78, 5) is 0. The maximum Gasteiger partial charge on any atom is 0.0503 e. The van der Waals surface area contributed by atoms with E-state index in [4.69, 9.17) is 4.74 Å². The minimum absolute atomic E-state index is 0.722. The lowest BCUT2D eigenvalue weighted by atomic mass is 10.1. The predicted molar refractivity (Wildman–Crippen MR) is 31.9 cm³/mol. The van der Waals surface area contributed by atoms with Crippen LogP contribution in [0.2, 0.25) is 0 Å². The van der Waals surface area contributed by atoms with Gasteiger partial charge in [-0.15, -0.1) is 0 Å². The first-order chi connectivity index (χ1) is 3.93. The van der Waals surface area contributed by atoms with Crippen molar-refractivity contribution in [3.8, 4) is 0 Å². The first-order valence-corrected chi connectivity index (χ1v) is 3.05. The molecule has 1 fully saturated rings. The molecular weight excluding hydrogens is 102 g/mol. The zero-order chi connectivity index (χ0) is 5.82. The van der Waals surface area contributed by atoms with Gasteiger partial charge < -0.3 is 4.74 Å². The monoisotopic (exact) mass is 114 g/mol. The van der Waals surface area contributed by atoms with Crippen molar-refractivity contribution in [1.29, 1.82) is 0 Å². The van der Waals surface area contributed by atoms with Gasteiger partial charge in [0.05, 0.1) is 6.61 Å².